The minimum Gasteiger partial charge on any atom is -0.462 e. The molecule has 1 aromatic heterocycles. The van der Waals surface area contributed by atoms with Gasteiger partial charge in [0.25, 0.3) is 0 Å². The summed E-state index contributed by atoms with van der Waals surface area (Å²) < 4.78 is 11.0. The molecule has 0 unspecified atom stereocenters. The second kappa shape index (κ2) is 5.17. The van der Waals surface area contributed by atoms with Gasteiger partial charge in [0.2, 0.25) is 0 Å². The zero-order chi connectivity index (χ0) is 10.6. The second-order valence-corrected chi connectivity index (χ2v) is 3.93. The SMILES string of the molecule is Cc1cc(COCC(C)C)oc1CN. The van der Waals surface area contributed by atoms with E-state index in [0.717, 1.165) is 23.7 Å². The van der Waals surface area contributed by atoms with Crippen LogP contribution in [0.15, 0.2) is 10.5 Å². The van der Waals surface area contributed by atoms with Crippen molar-refractivity contribution in [1.29, 1.82) is 0 Å². The Labute approximate surface area is 85.2 Å². The Hall–Kier alpha value is -0.800. The highest BCUT2D eigenvalue weighted by atomic mass is 16.5. The Balaban J connectivity index is 2.43. The van der Waals surface area contributed by atoms with Gasteiger partial charge in [-0.05, 0) is 24.5 Å². The number of aryl methyl sites for hydroxylation is 1. The summed E-state index contributed by atoms with van der Waals surface area (Å²) >= 11 is 0. The molecule has 0 saturated carbocycles. The number of hydrogen-bond donors (Lipinski definition) is 1. The first kappa shape index (κ1) is 11.3. The van der Waals surface area contributed by atoms with Crippen molar-refractivity contribution in [3.8, 4) is 0 Å². The first-order valence-electron chi connectivity index (χ1n) is 4.99. The lowest BCUT2D eigenvalue weighted by atomic mass is 10.2. The standard InChI is InChI=1S/C11H19NO2/c1-8(2)6-13-7-10-4-9(3)11(5-12)14-10/h4,8H,5-7,12H2,1-3H3. The Kier molecular flexibility index (Phi) is 4.17. The summed E-state index contributed by atoms with van der Waals surface area (Å²) in [5.74, 6) is 2.27. The van der Waals surface area contributed by atoms with Crippen molar-refractivity contribution < 1.29 is 9.15 Å². The predicted molar refractivity (Wildman–Crippen MR) is 55.8 cm³/mol. The predicted octanol–water partition coefficient (Wildman–Crippen LogP) is 2.22. The third kappa shape index (κ3) is 3.16. The minimum atomic E-state index is 0.454. The molecule has 3 nitrogen and oxygen atoms in total. The molecule has 0 amide bonds. The van der Waals surface area contributed by atoms with Gasteiger partial charge in [-0.1, -0.05) is 13.8 Å². The summed E-state index contributed by atoms with van der Waals surface area (Å²) in [5.41, 5.74) is 6.61. The van der Waals surface area contributed by atoms with E-state index in [1.165, 1.54) is 0 Å². The maximum Gasteiger partial charge on any atom is 0.130 e. The van der Waals surface area contributed by atoms with E-state index in [1.54, 1.807) is 0 Å². The fourth-order valence-electron chi connectivity index (χ4n) is 1.26. The number of nitrogens with two attached hydrogens (primary N) is 1. The molecule has 0 radical (unpaired) electrons. The number of rotatable bonds is 5. The molecule has 0 atom stereocenters. The Morgan fingerprint density at radius 1 is 1.50 bits per heavy atom. The van der Waals surface area contributed by atoms with Gasteiger partial charge in [0, 0.05) is 6.61 Å². The van der Waals surface area contributed by atoms with Crippen molar-refractivity contribution in [2.45, 2.75) is 33.9 Å². The van der Waals surface area contributed by atoms with Crippen LogP contribution in [0.2, 0.25) is 0 Å². The Morgan fingerprint density at radius 3 is 2.71 bits per heavy atom. The van der Waals surface area contributed by atoms with Crippen molar-refractivity contribution in [3.63, 3.8) is 0 Å². The molecule has 0 spiro atoms. The fraction of sp³-hybridized carbons (Fsp3) is 0.636. The molecule has 0 aliphatic rings. The largest absolute Gasteiger partial charge is 0.462 e. The van der Waals surface area contributed by atoms with Gasteiger partial charge in [-0.15, -0.1) is 0 Å². The molecule has 1 heterocycles. The van der Waals surface area contributed by atoms with Crippen molar-refractivity contribution in [1.82, 2.24) is 0 Å². The molecule has 1 rings (SSSR count). The van der Waals surface area contributed by atoms with Crippen molar-refractivity contribution in [2.24, 2.45) is 11.7 Å². The van der Waals surface area contributed by atoms with Crippen molar-refractivity contribution >= 4 is 0 Å². The van der Waals surface area contributed by atoms with Gasteiger partial charge < -0.3 is 14.9 Å². The number of ether oxygens (including phenoxy) is 1. The Morgan fingerprint density at radius 2 is 2.21 bits per heavy atom. The summed E-state index contributed by atoms with van der Waals surface area (Å²) in [6.45, 7) is 8.00. The van der Waals surface area contributed by atoms with Crippen LogP contribution >= 0.6 is 0 Å². The molecule has 3 heteroatoms. The zero-order valence-electron chi connectivity index (χ0n) is 9.17. The van der Waals surface area contributed by atoms with Crippen LogP contribution in [-0.4, -0.2) is 6.61 Å². The topological polar surface area (TPSA) is 48.4 Å². The molecule has 1 aromatic rings. The highest BCUT2D eigenvalue weighted by molar-refractivity contribution is 5.19. The maximum absolute atomic E-state index is 5.51. The molecule has 14 heavy (non-hydrogen) atoms. The quantitative estimate of drug-likeness (QED) is 0.787. The van der Waals surface area contributed by atoms with Gasteiger partial charge in [-0.3, -0.25) is 0 Å². The summed E-state index contributed by atoms with van der Waals surface area (Å²) in [4.78, 5) is 0. The maximum atomic E-state index is 5.51. The van der Waals surface area contributed by atoms with Crippen LogP contribution in [0.25, 0.3) is 0 Å². The lowest BCUT2D eigenvalue weighted by molar-refractivity contribution is 0.0838. The van der Waals surface area contributed by atoms with E-state index >= 15 is 0 Å². The molecule has 0 aromatic carbocycles. The average molecular weight is 197 g/mol. The number of furan rings is 1. The van der Waals surface area contributed by atoms with Crippen LogP contribution in [0, 0.1) is 12.8 Å². The smallest absolute Gasteiger partial charge is 0.130 e. The molecule has 2 N–H and O–H groups in total. The van der Waals surface area contributed by atoms with Gasteiger partial charge in [0.15, 0.2) is 0 Å². The van der Waals surface area contributed by atoms with Gasteiger partial charge in [0.05, 0.1) is 6.54 Å². The molecule has 0 fully saturated rings. The molecule has 0 saturated heterocycles. The van der Waals surface area contributed by atoms with E-state index in [0.29, 0.717) is 19.1 Å². The van der Waals surface area contributed by atoms with E-state index in [9.17, 15) is 0 Å². The van der Waals surface area contributed by atoms with E-state index in [4.69, 9.17) is 14.9 Å². The molecule has 80 valence electrons. The van der Waals surface area contributed by atoms with Crippen molar-refractivity contribution in [2.75, 3.05) is 6.61 Å². The molecule has 0 bridgehead atoms. The number of hydrogen-bond acceptors (Lipinski definition) is 3. The van der Waals surface area contributed by atoms with Gasteiger partial charge in [-0.25, -0.2) is 0 Å². The summed E-state index contributed by atoms with van der Waals surface area (Å²) in [6.07, 6.45) is 0. The summed E-state index contributed by atoms with van der Waals surface area (Å²) in [5, 5.41) is 0. The highest BCUT2D eigenvalue weighted by Gasteiger charge is 2.05. The lowest BCUT2D eigenvalue weighted by Gasteiger charge is -2.04. The van der Waals surface area contributed by atoms with Gasteiger partial charge in [0.1, 0.15) is 18.1 Å². The van der Waals surface area contributed by atoms with Crippen LogP contribution in [0.3, 0.4) is 0 Å². The minimum absolute atomic E-state index is 0.454. The normalized spacial score (nSPS) is 11.2. The average Bonchev–Trinajstić information content (AvgIpc) is 2.45. The third-order valence-corrected chi connectivity index (χ3v) is 1.95. The van der Waals surface area contributed by atoms with E-state index in [-0.39, 0.29) is 0 Å². The van der Waals surface area contributed by atoms with E-state index < -0.39 is 0 Å². The van der Waals surface area contributed by atoms with Crippen LogP contribution < -0.4 is 5.73 Å². The van der Waals surface area contributed by atoms with Crippen LogP contribution in [0.5, 0.6) is 0 Å². The summed E-state index contributed by atoms with van der Waals surface area (Å²) in [6, 6.07) is 1.99. The highest BCUT2D eigenvalue weighted by Crippen LogP contribution is 2.14. The molecular weight excluding hydrogens is 178 g/mol. The van der Waals surface area contributed by atoms with Gasteiger partial charge in [-0.2, -0.15) is 0 Å². The van der Waals surface area contributed by atoms with Gasteiger partial charge >= 0.3 is 0 Å². The zero-order valence-corrected chi connectivity index (χ0v) is 9.17. The first-order chi connectivity index (χ1) is 6.63. The monoisotopic (exact) mass is 197 g/mol. The summed E-state index contributed by atoms with van der Waals surface area (Å²) in [7, 11) is 0. The lowest BCUT2D eigenvalue weighted by Crippen LogP contribution is -2.01. The van der Waals surface area contributed by atoms with Crippen molar-refractivity contribution in [3.05, 3.63) is 23.2 Å². The van der Waals surface area contributed by atoms with Crippen LogP contribution in [0.4, 0.5) is 0 Å². The molecule has 0 aliphatic carbocycles. The molecular formula is C11H19NO2. The fourth-order valence-corrected chi connectivity index (χ4v) is 1.26. The Bertz CT molecular complexity index is 279. The third-order valence-electron chi connectivity index (χ3n) is 1.95. The van der Waals surface area contributed by atoms with Crippen LogP contribution in [0.1, 0.15) is 30.9 Å². The first-order valence-corrected chi connectivity index (χ1v) is 4.99. The van der Waals surface area contributed by atoms with E-state index in [1.807, 2.05) is 13.0 Å². The van der Waals surface area contributed by atoms with E-state index in [2.05, 4.69) is 13.8 Å². The molecule has 0 aliphatic heterocycles. The second-order valence-electron chi connectivity index (χ2n) is 3.93. The van der Waals surface area contributed by atoms with Crippen LogP contribution in [-0.2, 0) is 17.9 Å².